The number of hydrogen-bond donors (Lipinski definition) is 1. The van der Waals surface area contributed by atoms with E-state index in [4.69, 9.17) is 4.52 Å². The number of hydrogen-bond acceptors (Lipinski definition) is 4. The van der Waals surface area contributed by atoms with E-state index in [1.807, 2.05) is 0 Å². The van der Waals surface area contributed by atoms with Crippen LogP contribution in [0.2, 0.25) is 0 Å². The highest BCUT2D eigenvalue weighted by Gasteiger charge is 2.56. The van der Waals surface area contributed by atoms with Crippen molar-refractivity contribution in [1.29, 1.82) is 0 Å². The Morgan fingerprint density at radius 3 is 2.76 bits per heavy atom. The van der Waals surface area contributed by atoms with Gasteiger partial charge in [0.05, 0.1) is 5.69 Å². The summed E-state index contributed by atoms with van der Waals surface area (Å²) in [5.74, 6) is 0.616. The van der Waals surface area contributed by atoms with Crippen LogP contribution in [0.15, 0.2) is 10.6 Å². The molecule has 1 N–H and O–H groups in total. The molecule has 1 aromatic rings. The van der Waals surface area contributed by atoms with E-state index >= 15 is 0 Å². The predicted octanol–water partition coefficient (Wildman–Crippen LogP) is 1.48. The van der Waals surface area contributed by atoms with E-state index < -0.39 is 18.3 Å². The molecule has 7 heteroatoms. The summed E-state index contributed by atoms with van der Waals surface area (Å²) in [6.45, 7) is 1.76. The van der Waals surface area contributed by atoms with Crippen molar-refractivity contribution in [2.24, 2.45) is 0 Å². The van der Waals surface area contributed by atoms with Gasteiger partial charge in [0, 0.05) is 25.7 Å². The molecule has 0 saturated carbocycles. The van der Waals surface area contributed by atoms with Crippen molar-refractivity contribution in [2.75, 3.05) is 13.1 Å². The summed E-state index contributed by atoms with van der Waals surface area (Å²) in [6, 6.07) is 1.67. The second-order valence-corrected chi connectivity index (χ2v) is 4.42. The summed E-state index contributed by atoms with van der Waals surface area (Å²) in [7, 11) is 0. The van der Waals surface area contributed by atoms with Gasteiger partial charge in [-0.25, -0.2) is 0 Å². The lowest BCUT2D eigenvalue weighted by molar-refractivity contribution is -0.254. The molecule has 0 aromatic carbocycles. The average Bonchev–Trinajstić information content (AvgIpc) is 2.74. The first-order valence-electron chi connectivity index (χ1n) is 5.24. The molecule has 1 aromatic heterocycles. The van der Waals surface area contributed by atoms with Gasteiger partial charge in [0.1, 0.15) is 5.76 Å². The maximum atomic E-state index is 12.6. The smallest absolute Gasteiger partial charge is 0.379 e. The largest absolute Gasteiger partial charge is 0.418 e. The lowest BCUT2D eigenvalue weighted by Gasteiger charge is -2.25. The van der Waals surface area contributed by atoms with Crippen molar-refractivity contribution in [3.8, 4) is 0 Å². The van der Waals surface area contributed by atoms with E-state index in [2.05, 4.69) is 5.16 Å². The van der Waals surface area contributed by atoms with Gasteiger partial charge in [-0.05, 0) is 13.3 Å². The van der Waals surface area contributed by atoms with Crippen LogP contribution in [-0.2, 0) is 6.54 Å². The molecular weight excluding hydrogens is 237 g/mol. The molecule has 1 atom stereocenters. The van der Waals surface area contributed by atoms with Gasteiger partial charge in [-0.2, -0.15) is 13.2 Å². The summed E-state index contributed by atoms with van der Waals surface area (Å²) >= 11 is 0. The first-order chi connectivity index (χ1) is 7.80. The molecule has 17 heavy (non-hydrogen) atoms. The van der Waals surface area contributed by atoms with E-state index in [1.165, 1.54) is 4.90 Å². The molecule has 2 heterocycles. The minimum Gasteiger partial charge on any atom is -0.379 e. The number of rotatable bonds is 2. The Morgan fingerprint density at radius 2 is 2.29 bits per heavy atom. The Hall–Kier alpha value is -1.08. The fourth-order valence-corrected chi connectivity index (χ4v) is 1.96. The van der Waals surface area contributed by atoms with Gasteiger partial charge in [0.2, 0.25) is 0 Å². The van der Waals surface area contributed by atoms with E-state index in [1.54, 1.807) is 13.0 Å². The number of aliphatic hydroxyl groups is 1. The van der Waals surface area contributed by atoms with Gasteiger partial charge in [-0.15, -0.1) is 0 Å². The van der Waals surface area contributed by atoms with Crippen LogP contribution in [0, 0.1) is 6.92 Å². The zero-order valence-electron chi connectivity index (χ0n) is 9.29. The number of β-amino-alcohol motifs (C(OH)–C–C–N with tert-alkyl or cyclic N) is 1. The van der Waals surface area contributed by atoms with Crippen molar-refractivity contribution in [3.05, 3.63) is 17.5 Å². The highest BCUT2D eigenvalue weighted by atomic mass is 19.4. The third-order valence-corrected chi connectivity index (χ3v) is 2.92. The minimum absolute atomic E-state index is 0.196. The molecule has 0 amide bonds. The highest BCUT2D eigenvalue weighted by Crippen LogP contribution is 2.37. The zero-order valence-corrected chi connectivity index (χ0v) is 9.29. The molecule has 1 unspecified atom stereocenters. The van der Waals surface area contributed by atoms with E-state index in [0.717, 1.165) is 0 Å². The van der Waals surface area contributed by atoms with Gasteiger partial charge < -0.3 is 9.63 Å². The van der Waals surface area contributed by atoms with Crippen LogP contribution >= 0.6 is 0 Å². The van der Waals surface area contributed by atoms with Gasteiger partial charge in [0.15, 0.2) is 5.60 Å². The van der Waals surface area contributed by atoms with Gasteiger partial charge in [0.25, 0.3) is 0 Å². The Morgan fingerprint density at radius 1 is 1.59 bits per heavy atom. The maximum absolute atomic E-state index is 12.6. The Labute approximate surface area is 96.0 Å². The molecule has 0 bridgehead atoms. The topological polar surface area (TPSA) is 49.5 Å². The minimum atomic E-state index is -4.58. The molecule has 0 spiro atoms. The summed E-state index contributed by atoms with van der Waals surface area (Å²) < 4.78 is 42.5. The Balaban J connectivity index is 1.99. The third kappa shape index (κ3) is 2.44. The van der Waals surface area contributed by atoms with Crippen molar-refractivity contribution in [1.82, 2.24) is 10.1 Å². The van der Waals surface area contributed by atoms with Crippen LogP contribution in [0.25, 0.3) is 0 Å². The van der Waals surface area contributed by atoms with Crippen LogP contribution < -0.4 is 0 Å². The number of nitrogens with zero attached hydrogens (tertiary/aromatic N) is 2. The Bertz CT molecular complexity index is 405. The van der Waals surface area contributed by atoms with Crippen molar-refractivity contribution in [2.45, 2.75) is 31.7 Å². The van der Waals surface area contributed by atoms with Crippen LogP contribution in [0.1, 0.15) is 17.9 Å². The molecule has 2 rings (SSSR count). The molecule has 1 aliphatic heterocycles. The highest BCUT2D eigenvalue weighted by molar-refractivity contribution is 5.05. The fraction of sp³-hybridized carbons (Fsp3) is 0.700. The van der Waals surface area contributed by atoms with E-state index in [0.29, 0.717) is 11.5 Å². The van der Waals surface area contributed by atoms with Crippen LogP contribution in [0.5, 0.6) is 0 Å². The molecule has 1 aliphatic rings. The molecule has 96 valence electrons. The molecule has 1 saturated heterocycles. The number of aryl methyl sites for hydroxylation is 1. The van der Waals surface area contributed by atoms with Gasteiger partial charge in [-0.3, -0.25) is 4.90 Å². The first kappa shape index (κ1) is 12.4. The van der Waals surface area contributed by atoms with Crippen molar-refractivity contribution >= 4 is 0 Å². The monoisotopic (exact) mass is 250 g/mol. The van der Waals surface area contributed by atoms with E-state index in [-0.39, 0.29) is 19.5 Å². The van der Waals surface area contributed by atoms with Crippen molar-refractivity contribution < 1.29 is 22.8 Å². The Kier molecular flexibility index (Phi) is 2.90. The number of alkyl halides is 3. The number of aromatic nitrogens is 1. The number of likely N-dealkylation sites (tertiary alicyclic amines) is 1. The molecule has 0 aliphatic carbocycles. The first-order valence-corrected chi connectivity index (χ1v) is 5.24. The second-order valence-electron chi connectivity index (χ2n) is 4.42. The third-order valence-electron chi connectivity index (χ3n) is 2.92. The molecule has 0 radical (unpaired) electrons. The van der Waals surface area contributed by atoms with Gasteiger partial charge in [-0.1, -0.05) is 5.16 Å². The quantitative estimate of drug-likeness (QED) is 0.863. The predicted molar refractivity (Wildman–Crippen MR) is 52.1 cm³/mol. The van der Waals surface area contributed by atoms with Crippen LogP contribution in [-0.4, -0.2) is 40.0 Å². The SMILES string of the molecule is Cc1cc(CN2CCC(O)(C(F)(F)F)C2)no1. The normalized spacial score (nSPS) is 26.6. The zero-order chi connectivity index (χ0) is 12.7. The summed E-state index contributed by atoms with van der Waals surface area (Å²) in [6.07, 6.45) is -4.88. The van der Waals surface area contributed by atoms with Gasteiger partial charge >= 0.3 is 6.18 Å². The van der Waals surface area contributed by atoms with Crippen LogP contribution in [0.4, 0.5) is 13.2 Å². The summed E-state index contributed by atoms with van der Waals surface area (Å²) in [5.41, 5.74) is -2.01. The average molecular weight is 250 g/mol. The second kappa shape index (κ2) is 3.99. The lowest BCUT2D eigenvalue weighted by atomic mass is 10.0. The molecular formula is C10H13F3N2O2. The van der Waals surface area contributed by atoms with E-state index in [9.17, 15) is 18.3 Å². The lowest BCUT2D eigenvalue weighted by Crippen LogP contribution is -2.47. The fourth-order valence-electron chi connectivity index (χ4n) is 1.96. The molecule has 1 fully saturated rings. The van der Waals surface area contributed by atoms with Crippen LogP contribution in [0.3, 0.4) is 0 Å². The molecule has 4 nitrogen and oxygen atoms in total. The number of halogens is 3. The maximum Gasteiger partial charge on any atom is 0.418 e. The summed E-state index contributed by atoms with van der Waals surface area (Å²) in [4.78, 5) is 1.52. The standard InChI is InChI=1S/C10H13F3N2O2/c1-7-4-8(14-17-7)5-15-3-2-9(16,6-15)10(11,12)13/h4,16H,2-3,5-6H2,1H3. The summed E-state index contributed by atoms with van der Waals surface area (Å²) in [5, 5.41) is 13.2. The van der Waals surface area contributed by atoms with Crippen molar-refractivity contribution in [3.63, 3.8) is 0 Å².